The Labute approximate surface area is 114 Å². The Morgan fingerprint density at radius 1 is 1.68 bits per heavy atom. The van der Waals surface area contributed by atoms with Crippen LogP contribution in [0.5, 0.6) is 5.75 Å². The van der Waals surface area contributed by atoms with E-state index in [1.54, 1.807) is 0 Å². The normalized spacial score (nSPS) is 9.89. The number of urea groups is 1. The monoisotopic (exact) mass is 289 g/mol. The highest BCUT2D eigenvalue weighted by atomic mass is 35.5. The minimum atomic E-state index is -0.729. The number of anilines is 1. The van der Waals surface area contributed by atoms with Gasteiger partial charge >= 0.3 is 6.03 Å². The lowest BCUT2D eigenvalue weighted by molar-refractivity contribution is 0.192. The molecule has 0 aromatic heterocycles. The first kappa shape index (κ1) is 15.2. The van der Waals surface area contributed by atoms with Crippen molar-refractivity contribution >= 4 is 30.0 Å². The smallest absolute Gasteiger partial charge is 0.342 e. The Hall–Kier alpha value is -1.86. The molecule has 6 nitrogen and oxygen atoms in total. The summed E-state index contributed by atoms with van der Waals surface area (Å²) in [4.78, 5) is 11.7. The van der Waals surface area contributed by atoms with Crippen LogP contribution in [0.4, 0.5) is 14.9 Å². The molecule has 0 aliphatic carbocycles. The van der Waals surface area contributed by atoms with Crippen molar-refractivity contribution in [1.29, 1.82) is 0 Å². The maximum absolute atomic E-state index is 13.6. The number of carbonyl (C=O) groups excluding carboxylic acids is 1. The lowest BCUT2D eigenvalue weighted by Crippen LogP contribution is -2.32. The summed E-state index contributed by atoms with van der Waals surface area (Å²) in [6, 6.07) is 1.54. The summed E-state index contributed by atoms with van der Waals surface area (Å²) in [7, 11) is 1.37. The fourth-order valence-corrected chi connectivity index (χ4v) is 1.52. The maximum Gasteiger partial charge on any atom is 0.342 e. The zero-order valence-electron chi connectivity index (χ0n) is 10.2. The molecule has 0 saturated carbocycles. The Balaban J connectivity index is 2.92. The molecule has 0 radical (unpaired) electrons. The van der Waals surface area contributed by atoms with Gasteiger partial charge in [0.25, 0.3) is 0 Å². The number of hydrogen-bond acceptors (Lipinski definition) is 4. The van der Waals surface area contributed by atoms with Crippen LogP contribution in [0.3, 0.4) is 0 Å². The van der Waals surface area contributed by atoms with Crippen molar-refractivity contribution in [2.45, 2.75) is 0 Å². The number of nitrogens with zero attached hydrogens (tertiary/aromatic N) is 2. The second-order valence-corrected chi connectivity index (χ2v) is 3.79. The number of benzene rings is 1. The van der Waals surface area contributed by atoms with Crippen molar-refractivity contribution in [2.24, 2.45) is 5.10 Å². The van der Waals surface area contributed by atoms with E-state index in [-0.39, 0.29) is 29.6 Å². The lowest BCUT2D eigenvalue weighted by atomic mass is 10.3. The van der Waals surface area contributed by atoms with Gasteiger partial charge in [0.1, 0.15) is 11.6 Å². The Morgan fingerprint density at radius 3 is 2.89 bits per heavy atom. The molecule has 0 aliphatic rings. The number of nitrogens with one attached hydrogen (secondary N) is 1. The third kappa shape index (κ3) is 3.80. The third-order valence-corrected chi connectivity index (χ3v) is 2.50. The lowest BCUT2D eigenvalue weighted by Gasteiger charge is -2.16. The van der Waals surface area contributed by atoms with E-state index in [9.17, 15) is 9.18 Å². The number of carbonyl (C=O) groups is 1. The molecular formula is C11H13ClFN3O3. The van der Waals surface area contributed by atoms with Gasteiger partial charge < -0.3 is 15.2 Å². The standard InChI is InChI=1S/C11H13ClFN3O3/c1-14-16(3-4-17)11(18)15-9-6-10(19-2)7(12)5-8(9)13/h5-6,17H,1,3-4H2,2H3,(H,15,18). The Morgan fingerprint density at radius 2 is 2.37 bits per heavy atom. The van der Waals surface area contributed by atoms with Gasteiger partial charge in [0.15, 0.2) is 0 Å². The molecule has 0 unspecified atom stereocenters. The van der Waals surface area contributed by atoms with E-state index in [0.29, 0.717) is 0 Å². The molecular weight excluding hydrogens is 277 g/mol. The topological polar surface area (TPSA) is 74.2 Å². The fourth-order valence-electron chi connectivity index (χ4n) is 1.29. The summed E-state index contributed by atoms with van der Waals surface area (Å²) in [5.74, 6) is -0.495. The summed E-state index contributed by atoms with van der Waals surface area (Å²) >= 11 is 5.73. The van der Waals surface area contributed by atoms with Crippen molar-refractivity contribution in [3.8, 4) is 5.75 Å². The number of amides is 2. The summed E-state index contributed by atoms with van der Waals surface area (Å²) in [6.07, 6.45) is 0. The van der Waals surface area contributed by atoms with Gasteiger partial charge in [0, 0.05) is 12.8 Å². The van der Waals surface area contributed by atoms with E-state index < -0.39 is 11.8 Å². The van der Waals surface area contributed by atoms with Crippen LogP contribution in [0, 0.1) is 5.82 Å². The Bertz CT molecular complexity index is 484. The second-order valence-electron chi connectivity index (χ2n) is 3.38. The number of ether oxygens (including phenoxy) is 1. The van der Waals surface area contributed by atoms with Crippen LogP contribution >= 0.6 is 11.6 Å². The molecule has 2 amide bonds. The molecule has 104 valence electrons. The minimum absolute atomic E-state index is 0.0539. The average molecular weight is 290 g/mol. The van der Waals surface area contributed by atoms with Crippen LogP contribution in [0.1, 0.15) is 0 Å². The number of methoxy groups -OCH3 is 1. The first-order valence-corrected chi connectivity index (χ1v) is 5.60. The predicted molar refractivity (Wildman–Crippen MR) is 70.3 cm³/mol. The quantitative estimate of drug-likeness (QED) is 0.642. The van der Waals surface area contributed by atoms with E-state index in [1.807, 2.05) is 0 Å². The van der Waals surface area contributed by atoms with Gasteiger partial charge in [-0.3, -0.25) is 0 Å². The molecule has 0 spiro atoms. The van der Waals surface area contributed by atoms with Crippen molar-refractivity contribution in [1.82, 2.24) is 5.01 Å². The highest BCUT2D eigenvalue weighted by Gasteiger charge is 2.15. The number of halogens is 2. The summed E-state index contributed by atoms with van der Waals surface area (Å²) < 4.78 is 18.5. The summed E-state index contributed by atoms with van der Waals surface area (Å²) in [5, 5.41) is 15.4. The number of hydrazone groups is 1. The van der Waals surface area contributed by atoms with Crippen LogP contribution < -0.4 is 10.1 Å². The molecule has 0 heterocycles. The van der Waals surface area contributed by atoms with Gasteiger partial charge in [-0.2, -0.15) is 5.10 Å². The summed E-state index contributed by atoms with van der Waals surface area (Å²) in [5.41, 5.74) is -0.113. The van der Waals surface area contributed by atoms with Crippen LogP contribution in [0.2, 0.25) is 5.02 Å². The fraction of sp³-hybridized carbons (Fsp3) is 0.273. The van der Waals surface area contributed by atoms with Crippen LogP contribution in [0.25, 0.3) is 0 Å². The average Bonchev–Trinajstić information content (AvgIpc) is 2.38. The van der Waals surface area contributed by atoms with E-state index >= 15 is 0 Å². The SMILES string of the molecule is C=NN(CCO)C(=O)Nc1cc(OC)c(Cl)cc1F. The molecule has 0 fully saturated rings. The third-order valence-electron chi connectivity index (χ3n) is 2.20. The molecule has 19 heavy (non-hydrogen) atoms. The first-order valence-electron chi connectivity index (χ1n) is 5.22. The molecule has 1 rings (SSSR count). The van der Waals surface area contributed by atoms with Crippen molar-refractivity contribution in [3.05, 3.63) is 23.0 Å². The number of aliphatic hydroxyl groups excluding tert-OH is 1. The van der Waals surface area contributed by atoms with E-state index in [4.69, 9.17) is 21.4 Å². The molecule has 0 bridgehead atoms. The van der Waals surface area contributed by atoms with E-state index in [1.165, 1.54) is 13.2 Å². The summed E-state index contributed by atoms with van der Waals surface area (Å²) in [6.45, 7) is 2.83. The highest BCUT2D eigenvalue weighted by molar-refractivity contribution is 6.32. The van der Waals surface area contributed by atoms with Crippen LogP contribution in [-0.2, 0) is 0 Å². The molecule has 0 atom stereocenters. The molecule has 1 aromatic rings. The van der Waals surface area contributed by atoms with Gasteiger partial charge in [-0.1, -0.05) is 11.6 Å². The van der Waals surface area contributed by atoms with Crippen molar-refractivity contribution < 1.29 is 19.0 Å². The van der Waals surface area contributed by atoms with E-state index in [2.05, 4.69) is 17.1 Å². The van der Waals surface area contributed by atoms with Gasteiger partial charge in [-0.15, -0.1) is 0 Å². The largest absolute Gasteiger partial charge is 0.495 e. The highest BCUT2D eigenvalue weighted by Crippen LogP contribution is 2.30. The number of hydrogen-bond donors (Lipinski definition) is 2. The molecule has 2 N–H and O–H groups in total. The van der Waals surface area contributed by atoms with Gasteiger partial charge in [0.2, 0.25) is 0 Å². The van der Waals surface area contributed by atoms with E-state index in [0.717, 1.165) is 11.1 Å². The number of rotatable bonds is 5. The zero-order chi connectivity index (χ0) is 14.4. The van der Waals surface area contributed by atoms with Crippen LogP contribution in [0.15, 0.2) is 17.2 Å². The first-order chi connectivity index (χ1) is 9.03. The number of aliphatic hydroxyl groups is 1. The van der Waals surface area contributed by atoms with Crippen molar-refractivity contribution in [3.63, 3.8) is 0 Å². The zero-order valence-corrected chi connectivity index (χ0v) is 10.9. The minimum Gasteiger partial charge on any atom is -0.495 e. The molecule has 1 aromatic carbocycles. The Kier molecular flexibility index (Phi) is 5.53. The predicted octanol–water partition coefficient (Wildman–Crippen LogP) is 1.93. The maximum atomic E-state index is 13.6. The molecule has 0 aliphatic heterocycles. The second kappa shape index (κ2) is 6.91. The van der Waals surface area contributed by atoms with Gasteiger partial charge in [-0.25, -0.2) is 14.2 Å². The van der Waals surface area contributed by atoms with Gasteiger partial charge in [0.05, 0.1) is 31.0 Å². The van der Waals surface area contributed by atoms with Crippen LogP contribution in [-0.4, -0.2) is 43.1 Å². The molecule has 8 heteroatoms. The molecule has 0 saturated heterocycles. The van der Waals surface area contributed by atoms with Gasteiger partial charge in [-0.05, 0) is 6.07 Å². The van der Waals surface area contributed by atoms with Crippen molar-refractivity contribution in [2.75, 3.05) is 25.6 Å².